The topological polar surface area (TPSA) is 49.4 Å². The zero-order valence-electron chi connectivity index (χ0n) is 13.4. The van der Waals surface area contributed by atoms with E-state index in [2.05, 4.69) is 5.32 Å². The van der Waals surface area contributed by atoms with Gasteiger partial charge in [0.2, 0.25) is 11.8 Å². The normalized spacial score (nSPS) is 18.6. The number of hydrogen-bond donors (Lipinski definition) is 1. The van der Waals surface area contributed by atoms with Crippen molar-refractivity contribution >= 4 is 23.4 Å². The lowest BCUT2D eigenvalue weighted by Gasteiger charge is -2.31. The molecule has 0 radical (unpaired) electrons. The van der Waals surface area contributed by atoms with Crippen molar-refractivity contribution in [2.45, 2.75) is 39.2 Å². The number of nitrogens with zero attached hydrogens (tertiary/aromatic N) is 1. The van der Waals surface area contributed by atoms with Crippen molar-refractivity contribution in [1.29, 1.82) is 0 Å². The molecule has 2 amide bonds. The van der Waals surface area contributed by atoms with Crippen molar-refractivity contribution in [3.8, 4) is 0 Å². The molecule has 2 rings (SSSR count). The lowest BCUT2D eigenvalue weighted by molar-refractivity contribution is -0.132. The fourth-order valence-corrected chi connectivity index (χ4v) is 2.91. The quantitative estimate of drug-likeness (QED) is 0.926. The number of hydrogen-bond acceptors (Lipinski definition) is 2. The first kappa shape index (κ1) is 16.8. The van der Waals surface area contributed by atoms with Crippen LogP contribution in [0.1, 0.15) is 32.8 Å². The zero-order chi connectivity index (χ0) is 16.3. The summed E-state index contributed by atoms with van der Waals surface area (Å²) < 4.78 is 0. The van der Waals surface area contributed by atoms with Gasteiger partial charge < -0.3 is 10.2 Å². The predicted molar refractivity (Wildman–Crippen MR) is 87.7 cm³/mol. The molecule has 0 aliphatic carbocycles. The van der Waals surface area contributed by atoms with Crippen LogP contribution in [0.4, 0.5) is 0 Å². The van der Waals surface area contributed by atoms with Crippen LogP contribution in [-0.4, -0.2) is 35.3 Å². The molecule has 1 aliphatic rings. The number of likely N-dealkylation sites (tertiary alicyclic amines) is 1. The van der Waals surface area contributed by atoms with Crippen molar-refractivity contribution in [3.05, 3.63) is 34.9 Å². The van der Waals surface area contributed by atoms with Crippen LogP contribution in [-0.2, 0) is 16.0 Å². The number of carbonyl (C=O) groups is 2. The average molecular weight is 323 g/mol. The van der Waals surface area contributed by atoms with Crippen LogP contribution in [0.5, 0.6) is 0 Å². The first-order chi connectivity index (χ1) is 10.3. The van der Waals surface area contributed by atoms with Gasteiger partial charge in [0.15, 0.2) is 0 Å². The van der Waals surface area contributed by atoms with Crippen LogP contribution in [0.2, 0.25) is 5.02 Å². The van der Waals surface area contributed by atoms with E-state index in [4.69, 9.17) is 11.6 Å². The van der Waals surface area contributed by atoms with E-state index < -0.39 is 0 Å². The minimum atomic E-state index is -0.244. The Bertz CT molecular complexity index is 566. The summed E-state index contributed by atoms with van der Waals surface area (Å²) in [6, 6.07) is 7.61. The highest BCUT2D eigenvalue weighted by molar-refractivity contribution is 6.30. The van der Waals surface area contributed by atoms with Gasteiger partial charge in [-0.3, -0.25) is 9.59 Å². The molecule has 0 bridgehead atoms. The molecule has 0 spiro atoms. The van der Waals surface area contributed by atoms with Crippen LogP contribution < -0.4 is 5.32 Å². The van der Waals surface area contributed by atoms with E-state index in [1.165, 1.54) is 0 Å². The number of benzene rings is 1. The molecular formula is C17H23ClN2O2. The third-order valence-corrected chi connectivity index (χ3v) is 4.14. The zero-order valence-corrected chi connectivity index (χ0v) is 14.1. The second-order valence-electron chi connectivity index (χ2n) is 6.75. The third kappa shape index (κ3) is 4.23. The molecule has 0 saturated carbocycles. The highest BCUT2D eigenvalue weighted by Gasteiger charge is 2.39. The van der Waals surface area contributed by atoms with Gasteiger partial charge in [-0.15, -0.1) is 0 Å². The third-order valence-electron chi connectivity index (χ3n) is 3.91. The van der Waals surface area contributed by atoms with Crippen molar-refractivity contribution in [3.63, 3.8) is 0 Å². The number of amides is 2. The maximum absolute atomic E-state index is 12.2. The molecule has 5 heteroatoms. The van der Waals surface area contributed by atoms with Gasteiger partial charge in [0.05, 0.1) is 5.92 Å². The van der Waals surface area contributed by atoms with E-state index in [-0.39, 0.29) is 23.3 Å². The highest BCUT2D eigenvalue weighted by atomic mass is 35.5. The summed E-state index contributed by atoms with van der Waals surface area (Å²) in [4.78, 5) is 26.0. The monoisotopic (exact) mass is 322 g/mol. The van der Waals surface area contributed by atoms with Crippen molar-refractivity contribution < 1.29 is 9.59 Å². The lowest BCUT2D eigenvalue weighted by atomic mass is 10.1. The number of nitrogens with one attached hydrogen (secondary N) is 1. The van der Waals surface area contributed by atoms with Crippen molar-refractivity contribution in [1.82, 2.24) is 10.2 Å². The maximum atomic E-state index is 12.2. The van der Waals surface area contributed by atoms with Gasteiger partial charge >= 0.3 is 0 Å². The molecule has 1 unspecified atom stereocenters. The lowest BCUT2D eigenvalue weighted by Crippen LogP contribution is -2.43. The van der Waals surface area contributed by atoms with E-state index in [1.807, 2.05) is 45.0 Å². The molecule has 4 nitrogen and oxygen atoms in total. The second-order valence-corrected chi connectivity index (χ2v) is 7.18. The molecule has 1 N–H and O–H groups in total. The molecule has 22 heavy (non-hydrogen) atoms. The van der Waals surface area contributed by atoms with Gasteiger partial charge in [-0.05, 0) is 44.9 Å². The van der Waals surface area contributed by atoms with Gasteiger partial charge in [0.25, 0.3) is 0 Å². The molecule has 120 valence electrons. The first-order valence-corrected chi connectivity index (χ1v) is 7.98. The highest BCUT2D eigenvalue weighted by Crippen LogP contribution is 2.25. The van der Waals surface area contributed by atoms with E-state index in [9.17, 15) is 9.59 Å². The molecule has 1 saturated heterocycles. The Morgan fingerprint density at radius 2 is 2.14 bits per heavy atom. The predicted octanol–water partition coefficient (Wildman–Crippen LogP) is 2.65. The summed E-state index contributed by atoms with van der Waals surface area (Å²) in [5.74, 6) is -0.226. The van der Waals surface area contributed by atoms with Crippen molar-refractivity contribution in [2.24, 2.45) is 5.92 Å². The molecule has 1 heterocycles. The average Bonchev–Trinajstić information content (AvgIpc) is 2.81. The Balaban J connectivity index is 1.82. The molecule has 1 aromatic rings. The van der Waals surface area contributed by atoms with Gasteiger partial charge in [0, 0.05) is 30.1 Å². The Labute approximate surface area is 136 Å². The summed E-state index contributed by atoms with van der Waals surface area (Å²) in [7, 11) is 0. The molecule has 1 fully saturated rings. The Kier molecular flexibility index (Phi) is 5.12. The van der Waals surface area contributed by atoms with Gasteiger partial charge in [0.1, 0.15) is 0 Å². The van der Waals surface area contributed by atoms with Gasteiger partial charge in [-0.1, -0.05) is 23.7 Å². The maximum Gasteiger partial charge on any atom is 0.225 e. The molecule has 1 aliphatic heterocycles. The Morgan fingerprint density at radius 1 is 1.41 bits per heavy atom. The van der Waals surface area contributed by atoms with Crippen LogP contribution >= 0.6 is 11.6 Å². The SMILES string of the molecule is CC(C)(C)N1CC(C(=O)NCCc2cccc(Cl)c2)CC1=O. The second kappa shape index (κ2) is 6.69. The number of carbonyl (C=O) groups excluding carboxylic acids is 2. The largest absolute Gasteiger partial charge is 0.355 e. The van der Waals surface area contributed by atoms with Crippen molar-refractivity contribution in [2.75, 3.05) is 13.1 Å². The molecular weight excluding hydrogens is 300 g/mol. The summed E-state index contributed by atoms with van der Waals surface area (Å²) in [5, 5.41) is 3.62. The minimum absolute atomic E-state index is 0.0397. The van der Waals surface area contributed by atoms with Crippen LogP contribution in [0.3, 0.4) is 0 Å². The first-order valence-electron chi connectivity index (χ1n) is 7.60. The Morgan fingerprint density at radius 3 is 2.73 bits per heavy atom. The summed E-state index contributed by atoms with van der Waals surface area (Å²) in [6.45, 7) is 7.03. The molecule has 1 aromatic carbocycles. The fourth-order valence-electron chi connectivity index (χ4n) is 2.70. The number of rotatable bonds is 4. The smallest absolute Gasteiger partial charge is 0.225 e. The van der Waals surface area contributed by atoms with Gasteiger partial charge in [-0.25, -0.2) is 0 Å². The van der Waals surface area contributed by atoms with Crippen LogP contribution in [0.25, 0.3) is 0 Å². The minimum Gasteiger partial charge on any atom is -0.355 e. The standard InChI is InChI=1S/C17H23ClN2O2/c1-17(2,3)20-11-13(10-15(20)21)16(22)19-8-7-12-5-4-6-14(18)9-12/h4-6,9,13H,7-8,10-11H2,1-3H3,(H,19,22). The summed E-state index contributed by atoms with van der Waals surface area (Å²) >= 11 is 5.93. The summed E-state index contributed by atoms with van der Waals surface area (Å²) in [5.41, 5.74) is 0.860. The summed E-state index contributed by atoms with van der Waals surface area (Å²) in [6.07, 6.45) is 1.04. The van der Waals surface area contributed by atoms with Crippen LogP contribution in [0, 0.1) is 5.92 Å². The molecule has 0 aromatic heterocycles. The van der Waals surface area contributed by atoms with Crippen LogP contribution in [0.15, 0.2) is 24.3 Å². The Hall–Kier alpha value is -1.55. The van der Waals surface area contributed by atoms with E-state index >= 15 is 0 Å². The fraction of sp³-hybridized carbons (Fsp3) is 0.529. The van der Waals surface area contributed by atoms with E-state index in [1.54, 1.807) is 4.90 Å². The van der Waals surface area contributed by atoms with E-state index in [0.29, 0.717) is 24.5 Å². The van der Waals surface area contributed by atoms with E-state index in [0.717, 1.165) is 12.0 Å². The number of halogens is 1. The van der Waals surface area contributed by atoms with Gasteiger partial charge in [-0.2, -0.15) is 0 Å². The molecule has 1 atom stereocenters.